The molecule has 0 aliphatic carbocycles. The number of unbranched alkanes of at least 4 members (excludes halogenated alkanes) is 19. The molecular weight excluding hydrogens is 383 g/mol. The van der Waals surface area contributed by atoms with E-state index in [1.807, 2.05) is 0 Å². The Kier molecular flexibility index (Phi) is 26.8. The summed E-state index contributed by atoms with van der Waals surface area (Å²) in [5.41, 5.74) is 0. The second-order valence-electron chi connectivity index (χ2n) is 7.95. The fourth-order valence-electron chi connectivity index (χ4n) is 3.52. The van der Waals surface area contributed by atoms with Gasteiger partial charge in [-0.15, -0.1) is 0 Å². The summed E-state index contributed by atoms with van der Waals surface area (Å²) in [6, 6.07) is 0. The SMILES string of the molecule is CCCCCCCCCCCCCCCCCCCCCCOS(=O)(=O)[O-].[Na+]. The van der Waals surface area contributed by atoms with Gasteiger partial charge in [-0.25, -0.2) is 8.42 Å². The van der Waals surface area contributed by atoms with Crippen LogP contribution in [0.3, 0.4) is 0 Å². The van der Waals surface area contributed by atoms with Gasteiger partial charge in [0.15, 0.2) is 0 Å². The average Bonchev–Trinajstić information content (AvgIpc) is 2.62. The molecule has 0 saturated heterocycles. The van der Waals surface area contributed by atoms with Crippen molar-refractivity contribution >= 4 is 10.4 Å². The van der Waals surface area contributed by atoms with Crippen LogP contribution in [0.1, 0.15) is 135 Å². The number of hydrogen-bond donors (Lipinski definition) is 0. The molecule has 0 aliphatic rings. The van der Waals surface area contributed by atoms with E-state index >= 15 is 0 Å². The molecule has 0 aromatic carbocycles. The zero-order valence-corrected chi connectivity index (χ0v) is 21.7. The van der Waals surface area contributed by atoms with Crippen LogP contribution < -0.4 is 29.6 Å². The molecule has 0 aromatic heterocycles. The zero-order chi connectivity index (χ0) is 20.1. The molecule has 0 heterocycles. The number of hydrogen-bond acceptors (Lipinski definition) is 4. The van der Waals surface area contributed by atoms with Crippen LogP contribution in [0.25, 0.3) is 0 Å². The van der Waals surface area contributed by atoms with Gasteiger partial charge in [0.2, 0.25) is 10.4 Å². The fraction of sp³-hybridized carbons (Fsp3) is 1.00. The first-order chi connectivity index (χ1) is 13.1. The molecule has 0 bridgehead atoms. The summed E-state index contributed by atoms with van der Waals surface area (Å²) in [4.78, 5) is 0. The fourth-order valence-corrected chi connectivity index (χ4v) is 3.84. The van der Waals surface area contributed by atoms with Gasteiger partial charge in [-0.05, 0) is 6.42 Å². The molecule has 164 valence electrons. The first kappa shape index (κ1) is 31.1. The molecular formula is C22H45NaO4S. The Morgan fingerprint density at radius 2 is 0.786 bits per heavy atom. The Balaban J connectivity index is 0. The van der Waals surface area contributed by atoms with E-state index in [0.717, 1.165) is 12.8 Å². The molecule has 0 unspecified atom stereocenters. The molecule has 0 spiro atoms. The second kappa shape index (κ2) is 24.1. The van der Waals surface area contributed by atoms with Crippen molar-refractivity contribution in [2.45, 2.75) is 135 Å². The molecule has 0 rings (SSSR count). The van der Waals surface area contributed by atoms with Gasteiger partial charge in [0.25, 0.3) is 0 Å². The Hall–Kier alpha value is 0.870. The first-order valence-electron chi connectivity index (χ1n) is 11.7. The third-order valence-corrected chi connectivity index (χ3v) is 5.68. The molecule has 28 heavy (non-hydrogen) atoms. The largest absolute Gasteiger partial charge is 1.00 e. The van der Waals surface area contributed by atoms with Crippen LogP contribution in [0.4, 0.5) is 0 Å². The van der Waals surface area contributed by atoms with Crippen molar-refractivity contribution in [3.63, 3.8) is 0 Å². The summed E-state index contributed by atoms with van der Waals surface area (Å²) in [6.45, 7) is 2.31. The Labute approximate surface area is 198 Å². The van der Waals surface area contributed by atoms with Crippen LogP contribution >= 0.6 is 0 Å². The molecule has 0 saturated carbocycles. The van der Waals surface area contributed by atoms with Gasteiger partial charge < -0.3 is 4.55 Å². The maximum Gasteiger partial charge on any atom is 1.00 e. The molecule has 0 aromatic rings. The monoisotopic (exact) mass is 428 g/mol. The maximum atomic E-state index is 10.3. The standard InChI is InChI=1S/C22H46O4S.Na/c1-2-3-4-5-6-7-8-9-10-11-12-13-14-15-16-17-18-19-20-21-22-26-27(23,24)25;/h2-22H2,1H3,(H,23,24,25);/q;+1/p-1. The second-order valence-corrected chi connectivity index (χ2v) is 9.00. The van der Waals surface area contributed by atoms with Crippen molar-refractivity contribution in [1.82, 2.24) is 0 Å². The molecule has 0 aliphatic heterocycles. The van der Waals surface area contributed by atoms with Crippen molar-refractivity contribution in [3.05, 3.63) is 0 Å². The summed E-state index contributed by atoms with van der Waals surface area (Å²) >= 11 is 0. The Bertz CT molecular complexity index is 388. The van der Waals surface area contributed by atoms with Crippen LogP contribution in [0.15, 0.2) is 0 Å². The molecule has 0 N–H and O–H groups in total. The van der Waals surface area contributed by atoms with Gasteiger partial charge in [-0.3, -0.25) is 4.18 Å². The van der Waals surface area contributed by atoms with E-state index < -0.39 is 10.4 Å². The average molecular weight is 429 g/mol. The third-order valence-electron chi connectivity index (χ3n) is 5.23. The summed E-state index contributed by atoms with van der Waals surface area (Å²) in [6.07, 6.45) is 26.2. The van der Waals surface area contributed by atoms with E-state index in [1.165, 1.54) is 109 Å². The van der Waals surface area contributed by atoms with E-state index in [1.54, 1.807) is 0 Å². The van der Waals surface area contributed by atoms with Gasteiger partial charge in [-0.1, -0.05) is 129 Å². The molecule has 4 nitrogen and oxygen atoms in total. The summed E-state index contributed by atoms with van der Waals surface area (Å²) < 4.78 is 34.9. The normalized spacial score (nSPS) is 11.5. The summed E-state index contributed by atoms with van der Waals surface area (Å²) in [5.74, 6) is 0. The quantitative estimate of drug-likeness (QED) is 0.112. The Morgan fingerprint density at radius 3 is 1.04 bits per heavy atom. The van der Waals surface area contributed by atoms with Gasteiger partial charge >= 0.3 is 29.6 Å². The van der Waals surface area contributed by atoms with E-state index in [9.17, 15) is 13.0 Å². The van der Waals surface area contributed by atoms with Crippen LogP contribution in [-0.4, -0.2) is 19.6 Å². The van der Waals surface area contributed by atoms with Gasteiger partial charge in [0, 0.05) is 0 Å². The van der Waals surface area contributed by atoms with Crippen molar-refractivity contribution in [1.29, 1.82) is 0 Å². The van der Waals surface area contributed by atoms with Crippen molar-refractivity contribution in [2.24, 2.45) is 0 Å². The minimum Gasteiger partial charge on any atom is -0.726 e. The molecule has 6 heteroatoms. The summed E-state index contributed by atoms with van der Waals surface area (Å²) in [7, 11) is -4.50. The van der Waals surface area contributed by atoms with Gasteiger partial charge in [-0.2, -0.15) is 0 Å². The summed E-state index contributed by atoms with van der Waals surface area (Å²) in [5, 5.41) is 0. The molecule has 0 radical (unpaired) electrons. The van der Waals surface area contributed by atoms with E-state index in [0.29, 0.717) is 6.42 Å². The smallest absolute Gasteiger partial charge is 0.726 e. The molecule has 0 fully saturated rings. The zero-order valence-electron chi connectivity index (χ0n) is 18.9. The predicted molar refractivity (Wildman–Crippen MR) is 114 cm³/mol. The van der Waals surface area contributed by atoms with Crippen LogP contribution in [0, 0.1) is 0 Å². The van der Waals surface area contributed by atoms with Crippen LogP contribution in [0.2, 0.25) is 0 Å². The topological polar surface area (TPSA) is 66.4 Å². The molecule has 0 atom stereocenters. The van der Waals surface area contributed by atoms with E-state index in [-0.39, 0.29) is 36.2 Å². The van der Waals surface area contributed by atoms with Crippen molar-refractivity contribution in [2.75, 3.05) is 6.61 Å². The van der Waals surface area contributed by atoms with Crippen molar-refractivity contribution < 1.29 is 46.7 Å². The minimum atomic E-state index is -4.50. The van der Waals surface area contributed by atoms with E-state index in [2.05, 4.69) is 11.1 Å². The number of rotatable bonds is 22. The predicted octanol–water partition coefficient (Wildman–Crippen LogP) is 4.29. The van der Waals surface area contributed by atoms with Crippen LogP contribution in [-0.2, 0) is 14.6 Å². The minimum absolute atomic E-state index is 0. The molecule has 0 amide bonds. The van der Waals surface area contributed by atoms with Crippen LogP contribution in [0.5, 0.6) is 0 Å². The first-order valence-corrected chi connectivity index (χ1v) is 13.0. The van der Waals surface area contributed by atoms with Crippen molar-refractivity contribution in [3.8, 4) is 0 Å². The van der Waals surface area contributed by atoms with E-state index in [4.69, 9.17) is 0 Å². The third kappa shape index (κ3) is 29.1. The Morgan fingerprint density at radius 1 is 0.536 bits per heavy atom. The van der Waals surface area contributed by atoms with Gasteiger partial charge in [0.1, 0.15) is 0 Å². The van der Waals surface area contributed by atoms with Gasteiger partial charge in [0.05, 0.1) is 6.61 Å². The maximum absolute atomic E-state index is 10.3.